The number of nitrogens with zero attached hydrogens (tertiary/aromatic N) is 3. The molecule has 3 rings (SSSR count). The number of aliphatic hydroxyl groups excluding tert-OH is 1. The number of aromatic nitrogens is 4. The SMILES string of the molecule is O=C(C=C(O)c1nc[nH]n1)c1nc(Cc2ccccc2)cs1. The van der Waals surface area contributed by atoms with Crippen molar-refractivity contribution >= 4 is 22.9 Å². The highest BCUT2D eigenvalue weighted by Crippen LogP contribution is 2.16. The average Bonchev–Trinajstić information content (AvgIpc) is 3.19. The van der Waals surface area contributed by atoms with E-state index in [9.17, 15) is 9.90 Å². The molecule has 0 spiro atoms. The molecule has 1 aromatic carbocycles. The maximum atomic E-state index is 12.1. The number of thiazole rings is 1. The van der Waals surface area contributed by atoms with Crippen molar-refractivity contribution in [1.29, 1.82) is 0 Å². The predicted octanol–water partition coefficient (Wildman–Crippen LogP) is 2.63. The molecule has 6 nitrogen and oxygen atoms in total. The van der Waals surface area contributed by atoms with Crippen LogP contribution in [0.2, 0.25) is 0 Å². The molecule has 22 heavy (non-hydrogen) atoms. The Morgan fingerprint density at radius 3 is 2.86 bits per heavy atom. The van der Waals surface area contributed by atoms with Gasteiger partial charge in [-0.3, -0.25) is 9.89 Å². The third kappa shape index (κ3) is 3.26. The molecule has 0 amide bonds. The maximum absolute atomic E-state index is 12.1. The standard InChI is InChI=1S/C15H12N4O2S/c20-12(14-16-9-17-19-14)7-13(21)15-18-11(8-22-15)6-10-4-2-1-3-5-10/h1-5,7-9,20H,6H2,(H,16,17,19). The van der Waals surface area contributed by atoms with Gasteiger partial charge in [-0.25, -0.2) is 9.97 Å². The van der Waals surface area contributed by atoms with Gasteiger partial charge < -0.3 is 5.11 Å². The summed E-state index contributed by atoms with van der Waals surface area (Å²) in [7, 11) is 0. The lowest BCUT2D eigenvalue weighted by Gasteiger charge is -1.96. The van der Waals surface area contributed by atoms with E-state index in [1.807, 2.05) is 35.7 Å². The van der Waals surface area contributed by atoms with Crippen LogP contribution in [-0.2, 0) is 6.42 Å². The lowest BCUT2D eigenvalue weighted by molar-refractivity contribution is 0.104. The van der Waals surface area contributed by atoms with E-state index >= 15 is 0 Å². The normalized spacial score (nSPS) is 11.5. The quantitative estimate of drug-likeness (QED) is 0.429. The van der Waals surface area contributed by atoms with E-state index in [4.69, 9.17) is 0 Å². The Morgan fingerprint density at radius 2 is 2.14 bits per heavy atom. The van der Waals surface area contributed by atoms with E-state index in [1.165, 1.54) is 17.7 Å². The number of hydrogen-bond donors (Lipinski definition) is 2. The molecule has 0 unspecified atom stereocenters. The van der Waals surface area contributed by atoms with Crippen molar-refractivity contribution in [3.05, 3.63) is 70.2 Å². The van der Waals surface area contributed by atoms with Gasteiger partial charge in [0.25, 0.3) is 0 Å². The summed E-state index contributed by atoms with van der Waals surface area (Å²) >= 11 is 1.25. The first kappa shape index (κ1) is 14.2. The summed E-state index contributed by atoms with van der Waals surface area (Å²) in [5.74, 6) is -0.577. The average molecular weight is 312 g/mol. The molecule has 3 aromatic rings. The second-order valence-corrected chi connectivity index (χ2v) is 5.38. The van der Waals surface area contributed by atoms with Crippen LogP contribution in [-0.4, -0.2) is 31.1 Å². The van der Waals surface area contributed by atoms with Crippen LogP contribution < -0.4 is 0 Å². The third-order valence-electron chi connectivity index (χ3n) is 2.90. The fourth-order valence-electron chi connectivity index (χ4n) is 1.89. The van der Waals surface area contributed by atoms with Gasteiger partial charge >= 0.3 is 0 Å². The van der Waals surface area contributed by atoms with Gasteiger partial charge in [-0.1, -0.05) is 30.3 Å². The monoisotopic (exact) mass is 312 g/mol. The first-order valence-electron chi connectivity index (χ1n) is 6.52. The van der Waals surface area contributed by atoms with Gasteiger partial charge in [0.15, 0.2) is 10.8 Å². The van der Waals surface area contributed by atoms with Crippen molar-refractivity contribution in [3.8, 4) is 0 Å². The van der Waals surface area contributed by atoms with E-state index < -0.39 is 0 Å². The molecule has 2 heterocycles. The molecule has 110 valence electrons. The number of benzene rings is 1. The Hall–Kier alpha value is -2.80. The summed E-state index contributed by atoms with van der Waals surface area (Å²) in [6, 6.07) is 9.90. The Balaban J connectivity index is 1.73. The lowest BCUT2D eigenvalue weighted by atomic mass is 10.1. The first-order chi connectivity index (χ1) is 10.7. The van der Waals surface area contributed by atoms with Gasteiger partial charge in [0, 0.05) is 17.9 Å². The van der Waals surface area contributed by atoms with Crippen LogP contribution >= 0.6 is 11.3 Å². The molecular formula is C15H12N4O2S. The Bertz CT molecular complexity index is 794. The summed E-state index contributed by atoms with van der Waals surface area (Å²) in [4.78, 5) is 20.1. The molecule has 0 radical (unpaired) electrons. The topological polar surface area (TPSA) is 91.8 Å². The molecular weight excluding hydrogens is 300 g/mol. The van der Waals surface area contributed by atoms with Gasteiger partial charge in [-0.2, -0.15) is 5.10 Å². The molecule has 0 bridgehead atoms. The third-order valence-corrected chi connectivity index (χ3v) is 3.81. The number of ketones is 1. The maximum Gasteiger partial charge on any atom is 0.218 e. The fourth-order valence-corrected chi connectivity index (χ4v) is 2.62. The van der Waals surface area contributed by atoms with Crippen molar-refractivity contribution in [2.45, 2.75) is 6.42 Å². The van der Waals surface area contributed by atoms with Crippen molar-refractivity contribution in [2.24, 2.45) is 0 Å². The van der Waals surface area contributed by atoms with E-state index in [0.29, 0.717) is 11.4 Å². The predicted molar refractivity (Wildman–Crippen MR) is 82.7 cm³/mol. The van der Waals surface area contributed by atoms with E-state index in [-0.39, 0.29) is 17.4 Å². The molecule has 0 fully saturated rings. The van der Waals surface area contributed by atoms with Crippen LogP contribution in [0.15, 0.2) is 48.1 Å². The number of aromatic amines is 1. The number of H-pyrrole nitrogens is 1. The van der Waals surface area contributed by atoms with Crippen LogP contribution in [0.4, 0.5) is 0 Å². The minimum absolute atomic E-state index is 0.0782. The molecule has 2 N–H and O–H groups in total. The largest absolute Gasteiger partial charge is 0.504 e. The molecule has 0 aliphatic heterocycles. The first-order valence-corrected chi connectivity index (χ1v) is 7.40. The van der Waals surface area contributed by atoms with Crippen molar-refractivity contribution in [2.75, 3.05) is 0 Å². The van der Waals surface area contributed by atoms with Crippen molar-refractivity contribution < 1.29 is 9.90 Å². The zero-order valence-electron chi connectivity index (χ0n) is 11.4. The summed E-state index contributed by atoms with van der Waals surface area (Å²) in [5.41, 5.74) is 1.95. The lowest BCUT2D eigenvalue weighted by Crippen LogP contribution is -1.98. The number of hydrogen-bond acceptors (Lipinski definition) is 6. The Kier molecular flexibility index (Phi) is 4.06. The van der Waals surface area contributed by atoms with Gasteiger partial charge in [-0.15, -0.1) is 11.3 Å². The number of carbonyl (C=O) groups excluding carboxylic acids is 1. The molecule has 7 heteroatoms. The Morgan fingerprint density at radius 1 is 1.32 bits per heavy atom. The fraction of sp³-hybridized carbons (Fsp3) is 0.0667. The minimum Gasteiger partial charge on any atom is -0.504 e. The highest BCUT2D eigenvalue weighted by Gasteiger charge is 2.12. The number of aliphatic hydroxyl groups is 1. The van der Waals surface area contributed by atoms with E-state index in [1.54, 1.807) is 0 Å². The highest BCUT2D eigenvalue weighted by atomic mass is 32.1. The summed E-state index contributed by atoms with van der Waals surface area (Å²) < 4.78 is 0. The van der Waals surface area contributed by atoms with E-state index in [2.05, 4.69) is 20.2 Å². The second kappa shape index (κ2) is 6.31. The molecule has 0 aliphatic rings. The number of rotatable bonds is 5. The van der Waals surface area contributed by atoms with Crippen molar-refractivity contribution in [1.82, 2.24) is 20.2 Å². The number of carbonyl (C=O) groups is 1. The van der Waals surface area contributed by atoms with Gasteiger partial charge in [0.2, 0.25) is 11.6 Å². The molecule has 0 aliphatic carbocycles. The molecule has 0 saturated carbocycles. The molecule has 2 aromatic heterocycles. The Labute approximate surface area is 130 Å². The van der Waals surface area contributed by atoms with Gasteiger partial charge in [0.1, 0.15) is 6.33 Å². The van der Waals surface area contributed by atoms with Crippen LogP contribution in [0.5, 0.6) is 0 Å². The van der Waals surface area contributed by atoms with Crippen LogP contribution in [0.25, 0.3) is 5.76 Å². The highest BCUT2D eigenvalue weighted by molar-refractivity contribution is 7.11. The number of allylic oxidation sites excluding steroid dienone is 1. The molecule has 0 atom stereocenters. The van der Waals surface area contributed by atoms with Crippen LogP contribution in [0, 0.1) is 0 Å². The van der Waals surface area contributed by atoms with Crippen LogP contribution in [0.3, 0.4) is 0 Å². The van der Waals surface area contributed by atoms with E-state index in [0.717, 1.165) is 17.3 Å². The smallest absolute Gasteiger partial charge is 0.218 e. The summed E-state index contributed by atoms with van der Waals surface area (Å²) in [5, 5.41) is 18.1. The minimum atomic E-state index is -0.369. The molecule has 0 saturated heterocycles. The van der Waals surface area contributed by atoms with Crippen molar-refractivity contribution in [3.63, 3.8) is 0 Å². The zero-order chi connectivity index (χ0) is 15.4. The summed E-state index contributed by atoms with van der Waals surface area (Å²) in [6.07, 6.45) is 3.07. The zero-order valence-corrected chi connectivity index (χ0v) is 12.2. The van der Waals surface area contributed by atoms with Crippen LogP contribution in [0.1, 0.15) is 26.9 Å². The van der Waals surface area contributed by atoms with Gasteiger partial charge in [-0.05, 0) is 5.56 Å². The number of nitrogens with one attached hydrogen (secondary N) is 1. The van der Waals surface area contributed by atoms with Gasteiger partial charge in [0.05, 0.1) is 5.69 Å². The second-order valence-electron chi connectivity index (χ2n) is 4.52. The summed E-state index contributed by atoms with van der Waals surface area (Å²) in [6.45, 7) is 0.